The summed E-state index contributed by atoms with van der Waals surface area (Å²) in [5.74, 6) is -0.321. The van der Waals surface area contributed by atoms with Gasteiger partial charge in [0.2, 0.25) is 5.43 Å². The number of rotatable bonds is 1. The summed E-state index contributed by atoms with van der Waals surface area (Å²) in [7, 11) is 3.16. The number of ether oxygens (including phenoxy) is 1. The molecule has 0 saturated heterocycles. The number of nitrogens with zero attached hydrogens (tertiary/aromatic N) is 3. The zero-order valence-electron chi connectivity index (χ0n) is 21.3. The van der Waals surface area contributed by atoms with Gasteiger partial charge in [0, 0.05) is 38.2 Å². The van der Waals surface area contributed by atoms with Gasteiger partial charge in [0.1, 0.15) is 17.3 Å². The highest BCUT2D eigenvalue weighted by Gasteiger charge is 2.49. The number of hydrogen-bond donors (Lipinski definition) is 0. The second-order valence-corrected chi connectivity index (χ2v) is 10.5. The second kappa shape index (κ2) is 7.60. The van der Waals surface area contributed by atoms with E-state index in [1.54, 1.807) is 7.05 Å². The minimum atomic E-state index is -0.392. The molecular formula is C31H23N3O5. The van der Waals surface area contributed by atoms with E-state index in [-0.39, 0.29) is 34.9 Å². The lowest BCUT2D eigenvalue weighted by Crippen LogP contribution is -2.37. The molecule has 8 rings (SSSR count). The molecule has 2 aliphatic rings. The van der Waals surface area contributed by atoms with Crippen molar-refractivity contribution in [1.29, 1.82) is 0 Å². The molecule has 8 heteroatoms. The molecule has 3 atom stereocenters. The monoisotopic (exact) mass is 517 g/mol. The number of benzene rings is 3. The van der Waals surface area contributed by atoms with Gasteiger partial charge in [-0.2, -0.15) is 0 Å². The third-order valence-electron chi connectivity index (χ3n) is 8.51. The maximum atomic E-state index is 14.4. The van der Waals surface area contributed by atoms with Crippen LogP contribution in [0.1, 0.15) is 28.8 Å². The van der Waals surface area contributed by atoms with Crippen LogP contribution in [0.25, 0.3) is 32.8 Å². The Morgan fingerprint density at radius 1 is 0.846 bits per heavy atom. The molecule has 0 radical (unpaired) electrons. The van der Waals surface area contributed by atoms with E-state index in [2.05, 4.69) is 0 Å². The molecule has 192 valence electrons. The molecule has 39 heavy (non-hydrogen) atoms. The topological polar surface area (TPSA) is 88.4 Å². The number of aryl methyl sites for hydroxylation is 1. The molecule has 0 saturated carbocycles. The molecule has 3 aromatic carbocycles. The minimum absolute atomic E-state index is 0.134. The summed E-state index contributed by atoms with van der Waals surface area (Å²) < 4.78 is 17.5. The van der Waals surface area contributed by atoms with Gasteiger partial charge in [-0.15, -0.1) is 0 Å². The van der Waals surface area contributed by atoms with Crippen molar-refractivity contribution in [3.05, 3.63) is 121 Å². The van der Waals surface area contributed by atoms with Crippen LogP contribution in [0.2, 0.25) is 0 Å². The lowest BCUT2D eigenvalue weighted by atomic mass is 9.78. The van der Waals surface area contributed by atoms with Gasteiger partial charge in [-0.25, -0.2) is 4.79 Å². The molecular weight excluding hydrogens is 494 g/mol. The fraction of sp³-hybridized carbons (Fsp3) is 0.194. The zero-order chi connectivity index (χ0) is 26.6. The summed E-state index contributed by atoms with van der Waals surface area (Å²) in [6.45, 7) is 0.482. The van der Waals surface area contributed by atoms with E-state index in [0.29, 0.717) is 34.1 Å². The van der Waals surface area contributed by atoms with Crippen LogP contribution in [-0.2, 0) is 20.6 Å². The van der Waals surface area contributed by atoms with Crippen LogP contribution >= 0.6 is 0 Å². The van der Waals surface area contributed by atoms with Gasteiger partial charge in [0.15, 0.2) is 0 Å². The van der Waals surface area contributed by atoms with Crippen molar-refractivity contribution in [2.45, 2.75) is 18.6 Å². The van der Waals surface area contributed by atoms with Crippen LogP contribution in [0.4, 0.5) is 0 Å². The molecule has 0 aliphatic carbocycles. The molecule has 0 amide bonds. The Bertz CT molecular complexity index is 2190. The van der Waals surface area contributed by atoms with Gasteiger partial charge in [-0.3, -0.25) is 18.7 Å². The normalized spacial score (nSPS) is 19.7. The van der Waals surface area contributed by atoms with Crippen molar-refractivity contribution < 1.29 is 9.15 Å². The molecule has 5 heterocycles. The smallest absolute Gasteiger partial charge is 0.332 e. The highest BCUT2D eigenvalue weighted by Crippen LogP contribution is 2.53. The van der Waals surface area contributed by atoms with Crippen molar-refractivity contribution >= 4 is 32.8 Å². The fourth-order valence-corrected chi connectivity index (χ4v) is 6.75. The molecule has 0 fully saturated rings. The predicted molar refractivity (Wildman–Crippen MR) is 148 cm³/mol. The summed E-state index contributed by atoms with van der Waals surface area (Å²) in [6, 6.07) is 23.3. The average molecular weight is 518 g/mol. The SMILES string of the molecule is Cn1c(=O)c2cc3n(c2n(C)c1=O)C[C@@H]1[C@H]3c2c(oc3ccc4ccccc4c3c2=O)O[C@@H]1c1ccccc1. The van der Waals surface area contributed by atoms with Crippen molar-refractivity contribution in [2.75, 3.05) is 0 Å². The highest BCUT2D eigenvalue weighted by atomic mass is 16.6. The maximum Gasteiger partial charge on any atom is 0.332 e. The third kappa shape index (κ3) is 2.80. The first-order valence-corrected chi connectivity index (χ1v) is 12.9. The van der Waals surface area contributed by atoms with Crippen molar-refractivity contribution in [2.24, 2.45) is 20.0 Å². The van der Waals surface area contributed by atoms with E-state index < -0.39 is 5.69 Å². The number of fused-ring (bicyclic) bond motifs is 10. The van der Waals surface area contributed by atoms with Crippen LogP contribution in [0, 0.1) is 5.92 Å². The fourth-order valence-electron chi connectivity index (χ4n) is 6.75. The Morgan fingerprint density at radius 3 is 2.44 bits per heavy atom. The Kier molecular flexibility index (Phi) is 4.32. The van der Waals surface area contributed by atoms with E-state index in [9.17, 15) is 14.4 Å². The predicted octanol–water partition coefficient (Wildman–Crippen LogP) is 4.19. The van der Waals surface area contributed by atoms with E-state index in [1.165, 1.54) is 11.6 Å². The first kappa shape index (κ1) is 22.2. The molecule has 6 aromatic rings. The number of hydrogen-bond acceptors (Lipinski definition) is 5. The van der Waals surface area contributed by atoms with Crippen LogP contribution in [0.3, 0.4) is 0 Å². The van der Waals surface area contributed by atoms with Crippen LogP contribution in [-0.4, -0.2) is 13.7 Å². The molecule has 8 nitrogen and oxygen atoms in total. The summed E-state index contributed by atoms with van der Waals surface area (Å²) in [5.41, 5.74) is 2.38. The van der Waals surface area contributed by atoms with Gasteiger partial charge in [-0.05, 0) is 28.5 Å². The zero-order valence-corrected chi connectivity index (χ0v) is 21.3. The lowest BCUT2D eigenvalue weighted by molar-refractivity contribution is 0.0716. The first-order valence-electron chi connectivity index (χ1n) is 12.9. The Hall–Kier alpha value is -4.85. The summed E-state index contributed by atoms with van der Waals surface area (Å²) in [6.07, 6.45) is -0.386. The second-order valence-electron chi connectivity index (χ2n) is 10.5. The van der Waals surface area contributed by atoms with Gasteiger partial charge in [0.25, 0.3) is 11.5 Å². The van der Waals surface area contributed by atoms with Crippen LogP contribution < -0.4 is 21.4 Å². The summed E-state index contributed by atoms with van der Waals surface area (Å²) in [5, 5.41) is 2.74. The van der Waals surface area contributed by atoms with Crippen molar-refractivity contribution in [1.82, 2.24) is 13.7 Å². The first-order chi connectivity index (χ1) is 18.9. The van der Waals surface area contributed by atoms with Crippen molar-refractivity contribution in [3.63, 3.8) is 0 Å². The minimum Gasteiger partial charge on any atom is -0.456 e. The van der Waals surface area contributed by atoms with Gasteiger partial charge in [-0.1, -0.05) is 60.7 Å². The molecule has 0 unspecified atom stereocenters. The van der Waals surface area contributed by atoms with Crippen molar-refractivity contribution in [3.8, 4) is 5.95 Å². The van der Waals surface area contributed by atoms with Crippen LogP contribution in [0.15, 0.2) is 91.6 Å². The Balaban J connectivity index is 1.48. The molecule has 3 aromatic heterocycles. The largest absolute Gasteiger partial charge is 0.456 e. The van der Waals surface area contributed by atoms with Gasteiger partial charge in [0.05, 0.1) is 16.3 Å². The summed E-state index contributed by atoms with van der Waals surface area (Å²) >= 11 is 0. The van der Waals surface area contributed by atoms with E-state index in [4.69, 9.17) is 9.15 Å². The average Bonchev–Trinajstić information content (AvgIpc) is 3.51. The quantitative estimate of drug-likeness (QED) is 0.305. The Morgan fingerprint density at radius 2 is 1.62 bits per heavy atom. The van der Waals surface area contributed by atoms with E-state index in [1.807, 2.05) is 77.4 Å². The standard InChI is InChI=1S/C31H23N3O5/c1-32-28-19(29(36)33(2)31(32)37)14-21-23-20(15-34(21)28)27(17-9-4-3-5-10-17)39-30-25(23)26(35)24-18-11-7-6-8-16(18)12-13-22(24)38-30/h3-14,20,23,27H,15H2,1-2H3/t20-,23-,27-/m1/s1. The van der Waals surface area contributed by atoms with Crippen LogP contribution in [0.5, 0.6) is 5.95 Å². The highest BCUT2D eigenvalue weighted by molar-refractivity contribution is 6.05. The Labute approximate surface area is 220 Å². The molecule has 0 spiro atoms. The maximum absolute atomic E-state index is 14.4. The summed E-state index contributed by atoms with van der Waals surface area (Å²) in [4.78, 5) is 40.3. The molecule has 0 N–H and O–H groups in total. The molecule has 2 aliphatic heterocycles. The van der Waals surface area contributed by atoms with E-state index in [0.717, 1.165) is 26.6 Å². The van der Waals surface area contributed by atoms with E-state index >= 15 is 0 Å². The molecule has 0 bridgehead atoms. The van der Waals surface area contributed by atoms with Gasteiger partial charge < -0.3 is 13.7 Å². The third-order valence-corrected chi connectivity index (χ3v) is 8.51. The van der Waals surface area contributed by atoms with Gasteiger partial charge >= 0.3 is 5.69 Å². The lowest BCUT2D eigenvalue weighted by Gasteiger charge is -2.34. The number of aromatic nitrogens is 3.